The molecule has 1 aromatic carbocycles. The summed E-state index contributed by atoms with van der Waals surface area (Å²) in [4.78, 5) is 16.3. The molecule has 0 aliphatic rings. The van der Waals surface area contributed by atoms with E-state index in [2.05, 4.69) is 20.6 Å². The molecule has 0 unspecified atom stereocenters. The highest BCUT2D eigenvalue weighted by atomic mass is 32.1. The average Bonchev–Trinajstić information content (AvgIpc) is 3.02. The zero-order chi connectivity index (χ0) is 14.8. The molecule has 0 fully saturated rings. The summed E-state index contributed by atoms with van der Waals surface area (Å²) in [5.74, 6) is -0.139. The van der Waals surface area contributed by atoms with Crippen molar-refractivity contribution < 1.29 is 4.79 Å². The van der Waals surface area contributed by atoms with E-state index < -0.39 is 0 Å². The second-order valence-electron chi connectivity index (χ2n) is 4.61. The van der Waals surface area contributed by atoms with Crippen LogP contribution < -0.4 is 11.1 Å². The Morgan fingerprint density at radius 1 is 1.48 bits per heavy atom. The number of nitrogen functional groups attached to an aromatic ring is 1. The summed E-state index contributed by atoms with van der Waals surface area (Å²) >= 11 is 1.41. The molecule has 0 saturated heterocycles. The normalized spacial score (nSPS) is 10.9. The van der Waals surface area contributed by atoms with Gasteiger partial charge in [0.2, 0.25) is 0 Å². The Kier molecular flexibility index (Phi) is 3.53. The second-order valence-corrected chi connectivity index (χ2v) is 5.68. The van der Waals surface area contributed by atoms with E-state index in [1.165, 1.54) is 11.3 Å². The summed E-state index contributed by atoms with van der Waals surface area (Å²) in [6.07, 6.45) is 1.83. The minimum atomic E-state index is -0.139. The second kappa shape index (κ2) is 5.49. The fraction of sp³-hybridized carbons (Fsp3) is 0.231. The van der Waals surface area contributed by atoms with Crippen molar-refractivity contribution >= 4 is 32.6 Å². The van der Waals surface area contributed by atoms with Crippen molar-refractivity contribution in [3.63, 3.8) is 0 Å². The van der Waals surface area contributed by atoms with Crippen LogP contribution in [0, 0.1) is 6.92 Å². The van der Waals surface area contributed by atoms with E-state index in [0.717, 1.165) is 15.9 Å². The average molecular weight is 302 g/mol. The van der Waals surface area contributed by atoms with E-state index >= 15 is 0 Å². The summed E-state index contributed by atoms with van der Waals surface area (Å²) in [6.45, 7) is 2.94. The van der Waals surface area contributed by atoms with Gasteiger partial charge in [-0.3, -0.25) is 9.48 Å². The van der Waals surface area contributed by atoms with Crippen molar-refractivity contribution in [1.29, 1.82) is 0 Å². The van der Waals surface area contributed by atoms with Gasteiger partial charge in [-0.05, 0) is 25.1 Å². The Labute approximate surface area is 124 Å². The third kappa shape index (κ3) is 3.00. The van der Waals surface area contributed by atoms with Crippen molar-refractivity contribution in [2.24, 2.45) is 0 Å². The van der Waals surface area contributed by atoms with Gasteiger partial charge < -0.3 is 11.1 Å². The molecule has 21 heavy (non-hydrogen) atoms. The highest BCUT2D eigenvalue weighted by Gasteiger charge is 2.08. The minimum Gasteiger partial charge on any atom is -0.375 e. The number of carbonyl (C=O) groups is 1. The largest absolute Gasteiger partial charge is 0.375 e. The predicted octanol–water partition coefficient (Wildman–Crippen LogP) is 1.21. The number of hydrogen-bond donors (Lipinski definition) is 2. The number of nitrogens with two attached hydrogens (primary N) is 1. The highest BCUT2D eigenvalue weighted by molar-refractivity contribution is 7.22. The molecule has 7 nitrogen and oxygen atoms in total. The molecular weight excluding hydrogens is 288 g/mol. The molecule has 108 valence electrons. The monoisotopic (exact) mass is 302 g/mol. The number of nitrogens with zero attached hydrogens (tertiary/aromatic N) is 4. The van der Waals surface area contributed by atoms with Crippen LogP contribution in [0.2, 0.25) is 0 Å². The van der Waals surface area contributed by atoms with Crippen molar-refractivity contribution in [3.8, 4) is 0 Å². The number of nitrogens with one attached hydrogen (secondary N) is 1. The maximum Gasteiger partial charge on any atom is 0.251 e. The summed E-state index contributed by atoms with van der Waals surface area (Å²) in [7, 11) is 0. The molecule has 2 heterocycles. The quantitative estimate of drug-likeness (QED) is 0.754. The first kappa shape index (κ1) is 13.5. The van der Waals surface area contributed by atoms with E-state index in [-0.39, 0.29) is 5.91 Å². The lowest BCUT2D eigenvalue weighted by molar-refractivity contribution is 0.0952. The van der Waals surface area contributed by atoms with Crippen molar-refractivity contribution in [3.05, 3.63) is 35.7 Å². The predicted molar refractivity (Wildman–Crippen MR) is 81.1 cm³/mol. The van der Waals surface area contributed by atoms with Crippen LogP contribution in [0.1, 0.15) is 16.1 Å². The van der Waals surface area contributed by atoms with Gasteiger partial charge in [0.1, 0.15) is 0 Å². The summed E-state index contributed by atoms with van der Waals surface area (Å²) < 4.78 is 2.67. The molecular formula is C13H14N6OS. The van der Waals surface area contributed by atoms with Gasteiger partial charge in [0, 0.05) is 18.3 Å². The molecule has 0 saturated carbocycles. The molecule has 0 aliphatic heterocycles. The number of carbonyl (C=O) groups excluding carboxylic acids is 1. The fourth-order valence-electron chi connectivity index (χ4n) is 1.98. The van der Waals surface area contributed by atoms with Crippen LogP contribution in [0.15, 0.2) is 24.4 Å². The number of aryl methyl sites for hydroxylation is 1. The number of rotatable bonds is 4. The van der Waals surface area contributed by atoms with Crippen LogP contribution in [-0.4, -0.2) is 32.4 Å². The van der Waals surface area contributed by atoms with Gasteiger partial charge in [0.25, 0.3) is 5.91 Å². The summed E-state index contributed by atoms with van der Waals surface area (Å²) in [5, 5.41) is 11.2. The smallest absolute Gasteiger partial charge is 0.251 e. The molecule has 0 radical (unpaired) electrons. The molecule has 3 aromatic rings. The Hall–Kier alpha value is -2.48. The number of aromatic nitrogens is 4. The van der Waals surface area contributed by atoms with Gasteiger partial charge >= 0.3 is 0 Å². The van der Waals surface area contributed by atoms with Crippen molar-refractivity contribution in [2.45, 2.75) is 13.5 Å². The number of fused-ring (bicyclic) bond motifs is 1. The zero-order valence-corrected chi connectivity index (χ0v) is 12.2. The molecule has 1 amide bonds. The van der Waals surface area contributed by atoms with Gasteiger partial charge in [0.15, 0.2) is 5.13 Å². The third-order valence-corrected chi connectivity index (χ3v) is 3.81. The Balaban J connectivity index is 1.63. The maximum atomic E-state index is 12.1. The minimum absolute atomic E-state index is 0.139. The van der Waals surface area contributed by atoms with Crippen LogP contribution in [-0.2, 0) is 6.54 Å². The molecule has 3 rings (SSSR count). The molecule has 0 spiro atoms. The summed E-state index contributed by atoms with van der Waals surface area (Å²) in [5.41, 5.74) is 7.83. The Morgan fingerprint density at radius 3 is 3.10 bits per heavy atom. The van der Waals surface area contributed by atoms with Crippen LogP contribution in [0.3, 0.4) is 0 Å². The van der Waals surface area contributed by atoms with Crippen LogP contribution in [0.4, 0.5) is 5.13 Å². The lowest BCUT2D eigenvalue weighted by Crippen LogP contribution is -2.27. The van der Waals surface area contributed by atoms with Crippen LogP contribution in [0.25, 0.3) is 10.2 Å². The van der Waals surface area contributed by atoms with Gasteiger partial charge in [-0.1, -0.05) is 16.6 Å². The first-order valence-electron chi connectivity index (χ1n) is 6.43. The molecule has 0 bridgehead atoms. The molecule has 2 aromatic heterocycles. The maximum absolute atomic E-state index is 12.1. The lowest BCUT2D eigenvalue weighted by atomic mass is 10.2. The number of thiazole rings is 1. The third-order valence-electron chi connectivity index (χ3n) is 2.95. The van der Waals surface area contributed by atoms with Gasteiger partial charge in [-0.15, -0.1) is 5.10 Å². The van der Waals surface area contributed by atoms with E-state index in [4.69, 9.17) is 5.73 Å². The zero-order valence-electron chi connectivity index (χ0n) is 11.4. The summed E-state index contributed by atoms with van der Waals surface area (Å²) in [6, 6.07) is 5.38. The van der Waals surface area contributed by atoms with E-state index in [1.54, 1.807) is 16.8 Å². The van der Waals surface area contributed by atoms with Crippen molar-refractivity contribution in [2.75, 3.05) is 12.3 Å². The SMILES string of the molecule is Cc1cn(CCNC(=O)c2ccc3sc(N)nc3c2)nn1. The van der Waals surface area contributed by atoms with Gasteiger partial charge in [-0.25, -0.2) is 4.98 Å². The fourth-order valence-corrected chi connectivity index (χ4v) is 2.69. The van der Waals surface area contributed by atoms with E-state index in [0.29, 0.717) is 23.8 Å². The molecule has 0 aliphatic carbocycles. The Morgan fingerprint density at radius 2 is 2.33 bits per heavy atom. The molecule has 8 heteroatoms. The van der Waals surface area contributed by atoms with Crippen molar-refractivity contribution in [1.82, 2.24) is 25.3 Å². The molecule has 0 atom stereocenters. The van der Waals surface area contributed by atoms with E-state index in [1.807, 2.05) is 19.2 Å². The van der Waals surface area contributed by atoms with Gasteiger partial charge in [-0.2, -0.15) is 0 Å². The van der Waals surface area contributed by atoms with Crippen LogP contribution in [0.5, 0.6) is 0 Å². The first-order chi connectivity index (χ1) is 10.1. The number of hydrogen-bond acceptors (Lipinski definition) is 6. The highest BCUT2D eigenvalue weighted by Crippen LogP contribution is 2.24. The van der Waals surface area contributed by atoms with Crippen LogP contribution >= 0.6 is 11.3 Å². The van der Waals surface area contributed by atoms with E-state index in [9.17, 15) is 4.79 Å². The first-order valence-corrected chi connectivity index (χ1v) is 7.24. The number of anilines is 1. The molecule has 3 N–H and O–H groups in total. The standard InChI is InChI=1S/C13H14N6OS/c1-8-7-19(18-17-8)5-4-15-12(20)9-2-3-11-10(6-9)16-13(14)21-11/h2-3,6-7H,4-5H2,1H3,(H2,14,16)(H,15,20). The topological polar surface area (TPSA) is 98.7 Å². The number of benzene rings is 1. The number of amides is 1. The Bertz CT molecular complexity index is 793. The lowest BCUT2D eigenvalue weighted by Gasteiger charge is -2.05. The van der Waals surface area contributed by atoms with Gasteiger partial charge in [0.05, 0.1) is 22.5 Å².